The highest BCUT2D eigenvalue weighted by Crippen LogP contribution is 2.22. The number of benzene rings is 1. The van der Waals surface area contributed by atoms with E-state index in [0.29, 0.717) is 0 Å². The molecular weight excluding hydrogens is 302 g/mol. The first kappa shape index (κ1) is 16.4. The van der Waals surface area contributed by atoms with E-state index in [0.717, 1.165) is 53.7 Å². The number of nitrogens with one attached hydrogen (secondary N) is 1. The predicted molar refractivity (Wildman–Crippen MR) is 93.7 cm³/mol. The van der Waals surface area contributed by atoms with Crippen LogP contribution in [0.15, 0.2) is 24.3 Å². The Hall–Kier alpha value is -2.43. The van der Waals surface area contributed by atoms with Gasteiger partial charge >= 0.3 is 0 Å². The van der Waals surface area contributed by atoms with Gasteiger partial charge < -0.3 is 10.2 Å². The highest BCUT2D eigenvalue weighted by molar-refractivity contribution is 5.88. The summed E-state index contributed by atoms with van der Waals surface area (Å²) in [4.78, 5) is 30.7. The molecule has 1 N–H and O–H groups in total. The number of amides is 2. The van der Waals surface area contributed by atoms with Crippen LogP contribution in [-0.4, -0.2) is 41.3 Å². The van der Waals surface area contributed by atoms with Crippen molar-refractivity contribution in [1.82, 2.24) is 15.2 Å². The Morgan fingerprint density at radius 1 is 1.17 bits per heavy atom. The van der Waals surface area contributed by atoms with Gasteiger partial charge in [0, 0.05) is 24.2 Å². The molecule has 1 aromatic heterocycles. The Labute approximate surface area is 142 Å². The number of hydrogen-bond donors (Lipinski definition) is 1. The summed E-state index contributed by atoms with van der Waals surface area (Å²) in [6.07, 6.45) is 2.37. The number of aromatic nitrogens is 1. The average Bonchev–Trinajstić information content (AvgIpc) is 3.11. The molecule has 24 heavy (non-hydrogen) atoms. The van der Waals surface area contributed by atoms with Gasteiger partial charge in [0.2, 0.25) is 11.8 Å². The molecule has 1 aliphatic rings. The van der Waals surface area contributed by atoms with Crippen LogP contribution in [0, 0.1) is 13.8 Å². The smallest absolute Gasteiger partial charge is 0.241 e. The van der Waals surface area contributed by atoms with E-state index >= 15 is 0 Å². The van der Waals surface area contributed by atoms with Gasteiger partial charge in [-0.05, 0) is 43.9 Å². The number of pyridine rings is 1. The second-order valence-electron chi connectivity index (χ2n) is 6.36. The van der Waals surface area contributed by atoms with Crippen LogP contribution in [0.3, 0.4) is 0 Å². The molecule has 0 aliphatic carbocycles. The summed E-state index contributed by atoms with van der Waals surface area (Å²) in [5, 5.41) is 3.82. The Kier molecular flexibility index (Phi) is 4.79. The SMILES string of the molecule is Cc1nc2ccccc2c(C)c1CC(=O)NCC(=O)N1CCCC1. The third-order valence-electron chi connectivity index (χ3n) is 4.72. The van der Waals surface area contributed by atoms with E-state index < -0.39 is 0 Å². The van der Waals surface area contributed by atoms with Gasteiger partial charge in [0.1, 0.15) is 0 Å². The van der Waals surface area contributed by atoms with Crippen molar-refractivity contribution in [1.29, 1.82) is 0 Å². The second-order valence-corrected chi connectivity index (χ2v) is 6.36. The number of likely N-dealkylation sites (tertiary alicyclic amines) is 1. The van der Waals surface area contributed by atoms with E-state index in [9.17, 15) is 9.59 Å². The van der Waals surface area contributed by atoms with Crippen LogP contribution in [0.2, 0.25) is 0 Å². The Morgan fingerprint density at radius 2 is 1.88 bits per heavy atom. The lowest BCUT2D eigenvalue weighted by molar-refractivity contribution is -0.131. The van der Waals surface area contributed by atoms with Gasteiger partial charge in [0.25, 0.3) is 0 Å². The molecular formula is C19H23N3O2. The van der Waals surface area contributed by atoms with E-state index in [-0.39, 0.29) is 24.8 Å². The lowest BCUT2D eigenvalue weighted by Gasteiger charge is -2.16. The molecule has 0 unspecified atom stereocenters. The molecule has 0 atom stereocenters. The Balaban J connectivity index is 1.68. The molecule has 2 amide bonds. The molecule has 126 valence electrons. The fraction of sp³-hybridized carbons (Fsp3) is 0.421. The van der Waals surface area contributed by atoms with E-state index in [1.54, 1.807) is 0 Å². The monoisotopic (exact) mass is 325 g/mol. The normalized spacial score (nSPS) is 14.2. The largest absolute Gasteiger partial charge is 0.347 e. The van der Waals surface area contributed by atoms with Gasteiger partial charge in [-0.25, -0.2) is 0 Å². The maximum absolute atomic E-state index is 12.3. The van der Waals surface area contributed by atoms with Crippen molar-refractivity contribution < 1.29 is 9.59 Å². The first-order valence-corrected chi connectivity index (χ1v) is 8.45. The molecule has 1 fully saturated rings. The third kappa shape index (κ3) is 3.40. The summed E-state index contributed by atoms with van der Waals surface area (Å²) in [7, 11) is 0. The molecule has 1 saturated heterocycles. The number of aryl methyl sites for hydroxylation is 2. The zero-order chi connectivity index (χ0) is 17.1. The number of nitrogens with zero attached hydrogens (tertiary/aromatic N) is 2. The van der Waals surface area contributed by atoms with Crippen molar-refractivity contribution in [2.45, 2.75) is 33.1 Å². The molecule has 0 saturated carbocycles. The fourth-order valence-corrected chi connectivity index (χ4v) is 3.31. The summed E-state index contributed by atoms with van der Waals surface area (Å²) in [5.41, 5.74) is 3.84. The number of carbonyl (C=O) groups is 2. The molecule has 0 spiro atoms. The zero-order valence-electron chi connectivity index (χ0n) is 14.3. The van der Waals surface area contributed by atoms with E-state index in [2.05, 4.69) is 10.3 Å². The quantitative estimate of drug-likeness (QED) is 0.937. The topological polar surface area (TPSA) is 62.3 Å². The first-order valence-electron chi connectivity index (χ1n) is 8.45. The number of fused-ring (bicyclic) bond motifs is 1. The van der Waals surface area contributed by atoms with Crippen molar-refractivity contribution >= 4 is 22.7 Å². The molecule has 2 heterocycles. The van der Waals surface area contributed by atoms with Crippen molar-refractivity contribution in [2.24, 2.45) is 0 Å². The minimum Gasteiger partial charge on any atom is -0.347 e. The molecule has 1 aromatic carbocycles. The van der Waals surface area contributed by atoms with Gasteiger partial charge in [-0.2, -0.15) is 0 Å². The van der Waals surface area contributed by atoms with Crippen LogP contribution in [0.4, 0.5) is 0 Å². The summed E-state index contributed by atoms with van der Waals surface area (Å²) in [6.45, 7) is 5.65. The number of rotatable bonds is 4. The van der Waals surface area contributed by atoms with Crippen molar-refractivity contribution in [2.75, 3.05) is 19.6 Å². The van der Waals surface area contributed by atoms with Crippen LogP contribution >= 0.6 is 0 Å². The molecule has 0 radical (unpaired) electrons. The molecule has 5 heteroatoms. The van der Waals surface area contributed by atoms with Gasteiger partial charge in [-0.15, -0.1) is 0 Å². The van der Waals surface area contributed by atoms with Gasteiger partial charge in [-0.1, -0.05) is 18.2 Å². The summed E-state index contributed by atoms with van der Waals surface area (Å²) < 4.78 is 0. The third-order valence-corrected chi connectivity index (χ3v) is 4.72. The van der Waals surface area contributed by atoms with E-state index in [1.807, 2.05) is 43.0 Å². The molecule has 0 bridgehead atoms. The molecule has 3 rings (SSSR count). The van der Waals surface area contributed by atoms with Crippen molar-refractivity contribution in [3.05, 3.63) is 41.1 Å². The number of carbonyl (C=O) groups excluding carboxylic acids is 2. The summed E-state index contributed by atoms with van der Waals surface area (Å²) >= 11 is 0. The zero-order valence-corrected chi connectivity index (χ0v) is 14.3. The first-order chi connectivity index (χ1) is 11.6. The van der Waals surface area contributed by atoms with Crippen LogP contribution in [0.25, 0.3) is 10.9 Å². The number of para-hydroxylation sites is 1. The molecule has 1 aliphatic heterocycles. The van der Waals surface area contributed by atoms with E-state index in [1.165, 1.54) is 0 Å². The van der Waals surface area contributed by atoms with Crippen LogP contribution in [0.1, 0.15) is 29.7 Å². The summed E-state index contributed by atoms with van der Waals surface area (Å²) in [5.74, 6) is -0.128. The van der Waals surface area contributed by atoms with Crippen LogP contribution in [-0.2, 0) is 16.0 Å². The van der Waals surface area contributed by atoms with Crippen LogP contribution < -0.4 is 5.32 Å². The minimum absolute atomic E-state index is 0.00549. The second kappa shape index (κ2) is 6.99. The van der Waals surface area contributed by atoms with Gasteiger partial charge in [0.15, 0.2) is 0 Å². The fourth-order valence-electron chi connectivity index (χ4n) is 3.31. The van der Waals surface area contributed by atoms with Crippen molar-refractivity contribution in [3.63, 3.8) is 0 Å². The van der Waals surface area contributed by atoms with Gasteiger partial charge in [0.05, 0.1) is 18.5 Å². The number of hydrogen-bond acceptors (Lipinski definition) is 3. The predicted octanol–water partition coefficient (Wildman–Crippen LogP) is 2.13. The Bertz CT molecular complexity index is 780. The van der Waals surface area contributed by atoms with E-state index in [4.69, 9.17) is 0 Å². The molecule has 5 nitrogen and oxygen atoms in total. The average molecular weight is 325 g/mol. The van der Waals surface area contributed by atoms with Crippen molar-refractivity contribution in [3.8, 4) is 0 Å². The highest BCUT2D eigenvalue weighted by atomic mass is 16.2. The molecule has 2 aromatic rings. The highest BCUT2D eigenvalue weighted by Gasteiger charge is 2.19. The van der Waals surface area contributed by atoms with Crippen LogP contribution in [0.5, 0.6) is 0 Å². The van der Waals surface area contributed by atoms with Gasteiger partial charge in [-0.3, -0.25) is 14.6 Å². The standard InChI is InChI=1S/C19H23N3O2/c1-13-15-7-3-4-8-17(15)21-14(2)16(13)11-18(23)20-12-19(24)22-9-5-6-10-22/h3-4,7-8H,5-6,9-12H2,1-2H3,(H,20,23). The Morgan fingerprint density at radius 3 is 2.62 bits per heavy atom. The lowest BCUT2D eigenvalue weighted by atomic mass is 9.99. The maximum atomic E-state index is 12.3. The minimum atomic E-state index is -0.133. The lowest BCUT2D eigenvalue weighted by Crippen LogP contribution is -2.39. The maximum Gasteiger partial charge on any atom is 0.241 e. The summed E-state index contributed by atoms with van der Waals surface area (Å²) in [6, 6.07) is 7.94.